The molecule has 1 aliphatic rings. The van der Waals surface area contributed by atoms with E-state index < -0.39 is 11.7 Å². The van der Waals surface area contributed by atoms with E-state index in [-0.39, 0.29) is 11.9 Å². The summed E-state index contributed by atoms with van der Waals surface area (Å²) >= 11 is 0. The monoisotopic (exact) mass is 282 g/mol. The van der Waals surface area contributed by atoms with Gasteiger partial charge in [-0.15, -0.1) is 0 Å². The highest BCUT2D eigenvalue weighted by molar-refractivity contribution is 5.40. The Morgan fingerprint density at radius 2 is 2.10 bits per heavy atom. The average Bonchev–Trinajstić information content (AvgIpc) is 2.85. The van der Waals surface area contributed by atoms with Gasteiger partial charge < -0.3 is 5.32 Å². The normalized spacial score (nSPS) is 18.6. The van der Waals surface area contributed by atoms with Gasteiger partial charge in [0.25, 0.3) is 0 Å². The zero-order valence-electron chi connectivity index (χ0n) is 10.6. The number of pyridine rings is 1. The molecule has 0 saturated carbocycles. The van der Waals surface area contributed by atoms with Crippen LogP contribution in [0.25, 0.3) is 0 Å². The van der Waals surface area contributed by atoms with Gasteiger partial charge >= 0.3 is 6.18 Å². The highest BCUT2D eigenvalue weighted by atomic mass is 19.4. The molecule has 0 fully saturated rings. The molecule has 1 aliphatic heterocycles. The number of aryl methyl sites for hydroxylation is 1. The van der Waals surface area contributed by atoms with E-state index in [1.54, 1.807) is 6.20 Å². The van der Waals surface area contributed by atoms with E-state index in [4.69, 9.17) is 0 Å². The molecule has 1 N–H and O–H groups in total. The lowest BCUT2D eigenvalue weighted by atomic mass is 10.0. The van der Waals surface area contributed by atoms with Gasteiger partial charge in [-0.05, 0) is 24.6 Å². The fourth-order valence-corrected chi connectivity index (χ4v) is 2.39. The molecule has 2 aromatic rings. The molecular formula is C13H13F3N4. The number of aromatic nitrogens is 3. The molecule has 1 atom stereocenters. The third-order valence-electron chi connectivity index (χ3n) is 3.39. The van der Waals surface area contributed by atoms with Crippen molar-refractivity contribution in [1.29, 1.82) is 0 Å². The van der Waals surface area contributed by atoms with Crippen molar-refractivity contribution in [2.24, 2.45) is 0 Å². The minimum Gasteiger partial charge on any atom is -0.367 e. The largest absolute Gasteiger partial charge is 0.416 e. The summed E-state index contributed by atoms with van der Waals surface area (Å²) in [5, 5.41) is 7.24. The lowest BCUT2D eigenvalue weighted by Gasteiger charge is -2.25. The lowest BCUT2D eigenvalue weighted by molar-refractivity contribution is -0.137. The fraction of sp³-hybridized carbons (Fsp3) is 0.385. The van der Waals surface area contributed by atoms with Crippen LogP contribution in [0.3, 0.4) is 0 Å². The number of anilines is 1. The average molecular weight is 282 g/mol. The summed E-state index contributed by atoms with van der Waals surface area (Å²) in [6.07, 6.45) is 0.119. The van der Waals surface area contributed by atoms with Gasteiger partial charge in [-0.25, -0.2) is 4.98 Å². The van der Waals surface area contributed by atoms with Crippen molar-refractivity contribution in [2.75, 3.05) is 5.32 Å². The van der Waals surface area contributed by atoms with Crippen LogP contribution in [0.2, 0.25) is 0 Å². The lowest BCUT2D eigenvalue weighted by Crippen LogP contribution is -2.30. The number of fused-ring (bicyclic) bond motifs is 1. The Hall–Kier alpha value is -2.05. The summed E-state index contributed by atoms with van der Waals surface area (Å²) < 4.78 is 39.8. The van der Waals surface area contributed by atoms with E-state index in [1.807, 2.05) is 10.7 Å². The Bertz CT molecular complexity index is 606. The number of alkyl halides is 3. The minimum absolute atomic E-state index is 0.0789. The minimum atomic E-state index is -4.34. The van der Waals surface area contributed by atoms with Crippen molar-refractivity contribution in [3.63, 3.8) is 0 Å². The van der Waals surface area contributed by atoms with Gasteiger partial charge in [0.15, 0.2) is 0 Å². The Morgan fingerprint density at radius 3 is 2.90 bits per heavy atom. The zero-order chi connectivity index (χ0) is 14.2. The summed E-state index contributed by atoms with van der Waals surface area (Å²) in [7, 11) is 0. The summed E-state index contributed by atoms with van der Waals surface area (Å²) in [6.45, 7) is 0.763. The molecule has 0 saturated heterocycles. The first-order chi connectivity index (χ1) is 9.52. The van der Waals surface area contributed by atoms with Gasteiger partial charge in [-0.1, -0.05) is 0 Å². The second-order valence-corrected chi connectivity index (χ2v) is 4.81. The molecule has 20 heavy (non-hydrogen) atoms. The van der Waals surface area contributed by atoms with Gasteiger partial charge in [0.1, 0.15) is 5.82 Å². The maximum atomic E-state index is 12.6. The number of hydrogen-bond donors (Lipinski definition) is 1. The summed E-state index contributed by atoms with van der Waals surface area (Å²) in [5.41, 5.74) is 0.400. The smallest absolute Gasteiger partial charge is 0.367 e. The molecule has 0 aliphatic carbocycles. The van der Waals surface area contributed by atoms with Crippen molar-refractivity contribution < 1.29 is 13.2 Å². The molecule has 7 heteroatoms. The Labute approximate surface area is 113 Å². The SMILES string of the molecule is FC(F)(F)c1ccnc(NC2CCn3nccc3C2)c1. The van der Waals surface area contributed by atoms with E-state index in [2.05, 4.69) is 15.4 Å². The first kappa shape index (κ1) is 13.0. The van der Waals surface area contributed by atoms with Crippen LogP contribution in [0.1, 0.15) is 17.7 Å². The van der Waals surface area contributed by atoms with Gasteiger partial charge in [0.05, 0.1) is 5.56 Å². The molecule has 2 aromatic heterocycles. The van der Waals surface area contributed by atoms with Crippen LogP contribution < -0.4 is 5.32 Å². The molecule has 0 bridgehead atoms. The number of nitrogens with zero attached hydrogens (tertiary/aromatic N) is 3. The highest BCUT2D eigenvalue weighted by Gasteiger charge is 2.31. The van der Waals surface area contributed by atoms with Crippen molar-refractivity contribution in [2.45, 2.75) is 31.6 Å². The van der Waals surface area contributed by atoms with E-state index >= 15 is 0 Å². The molecule has 0 spiro atoms. The molecule has 3 heterocycles. The molecule has 1 unspecified atom stereocenters. The highest BCUT2D eigenvalue weighted by Crippen LogP contribution is 2.30. The predicted molar refractivity (Wildman–Crippen MR) is 67.2 cm³/mol. The predicted octanol–water partition coefficient (Wildman–Crippen LogP) is 2.72. The van der Waals surface area contributed by atoms with Crippen molar-refractivity contribution in [1.82, 2.24) is 14.8 Å². The maximum Gasteiger partial charge on any atom is 0.416 e. The second kappa shape index (κ2) is 4.81. The molecule has 106 valence electrons. The summed E-state index contributed by atoms with van der Waals surface area (Å²) in [4.78, 5) is 3.96. The number of nitrogens with one attached hydrogen (secondary N) is 1. The third kappa shape index (κ3) is 2.61. The van der Waals surface area contributed by atoms with Crippen molar-refractivity contribution in [3.8, 4) is 0 Å². The van der Waals surface area contributed by atoms with Crippen LogP contribution in [-0.2, 0) is 19.1 Å². The van der Waals surface area contributed by atoms with Crippen LogP contribution in [0.5, 0.6) is 0 Å². The topological polar surface area (TPSA) is 42.7 Å². The van der Waals surface area contributed by atoms with Gasteiger partial charge in [0.2, 0.25) is 0 Å². The Morgan fingerprint density at radius 1 is 1.25 bits per heavy atom. The number of halogens is 3. The number of hydrogen-bond acceptors (Lipinski definition) is 3. The van der Waals surface area contributed by atoms with Crippen LogP contribution in [-0.4, -0.2) is 20.8 Å². The molecule has 0 amide bonds. The van der Waals surface area contributed by atoms with Gasteiger partial charge in [-0.2, -0.15) is 18.3 Å². The molecule has 0 aromatic carbocycles. The fourth-order valence-electron chi connectivity index (χ4n) is 2.39. The summed E-state index contributed by atoms with van der Waals surface area (Å²) in [5.74, 6) is 0.262. The van der Waals surface area contributed by atoms with Crippen LogP contribution in [0.4, 0.5) is 19.0 Å². The first-order valence-corrected chi connectivity index (χ1v) is 6.33. The van der Waals surface area contributed by atoms with Gasteiger partial charge in [0, 0.05) is 37.1 Å². The van der Waals surface area contributed by atoms with Crippen molar-refractivity contribution in [3.05, 3.63) is 41.9 Å². The van der Waals surface area contributed by atoms with Crippen LogP contribution in [0, 0.1) is 0 Å². The van der Waals surface area contributed by atoms with E-state index in [0.717, 1.165) is 37.2 Å². The number of rotatable bonds is 2. The quantitative estimate of drug-likeness (QED) is 0.921. The third-order valence-corrected chi connectivity index (χ3v) is 3.39. The van der Waals surface area contributed by atoms with Crippen molar-refractivity contribution >= 4 is 5.82 Å². The Kier molecular flexibility index (Phi) is 3.11. The molecule has 0 radical (unpaired) electrons. The molecular weight excluding hydrogens is 269 g/mol. The van der Waals surface area contributed by atoms with E-state index in [9.17, 15) is 13.2 Å². The first-order valence-electron chi connectivity index (χ1n) is 6.33. The van der Waals surface area contributed by atoms with Gasteiger partial charge in [-0.3, -0.25) is 4.68 Å². The Balaban J connectivity index is 1.73. The van der Waals surface area contributed by atoms with E-state index in [0.29, 0.717) is 0 Å². The standard InChI is InChI=1S/C13H13F3N4/c14-13(15,16)9-1-4-17-12(7-9)19-10-3-6-20-11(8-10)2-5-18-20/h1-2,4-5,7,10H,3,6,8H2,(H,17,19). The molecule has 4 nitrogen and oxygen atoms in total. The van der Waals surface area contributed by atoms with Crippen LogP contribution >= 0.6 is 0 Å². The molecule has 3 rings (SSSR count). The van der Waals surface area contributed by atoms with E-state index in [1.165, 1.54) is 6.20 Å². The van der Waals surface area contributed by atoms with Crippen LogP contribution in [0.15, 0.2) is 30.6 Å². The second-order valence-electron chi connectivity index (χ2n) is 4.81. The maximum absolute atomic E-state index is 12.6. The summed E-state index contributed by atoms with van der Waals surface area (Å²) in [6, 6.07) is 4.02. The zero-order valence-corrected chi connectivity index (χ0v) is 10.6.